The molecule has 1 saturated heterocycles. The number of aromatic nitrogens is 4. The van der Waals surface area contributed by atoms with Crippen LogP contribution in [0.15, 0.2) is 61.2 Å². The van der Waals surface area contributed by atoms with E-state index in [4.69, 9.17) is 11.6 Å². The first-order chi connectivity index (χ1) is 13.7. The molecule has 0 radical (unpaired) electrons. The average molecular weight is 395 g/mol. The van der Waals surface area contributed by atoms with E-state index >= 15 is 0 Å². The van der Waals surface area contributed by atoms with Crippen LogP contribution in [0.2, 0.25) is 5.02 Å². The predicted octanol–water partition coefficient (Wildman–Crippen LogP) is 2.68. The van der Waals surface area contributed by atoms with E-state index in [1.807, 2.05) is 53.6 Å². The van der Waals surface area contributed by atoms with E-state index in [2.05, 4.69) is 20.0 Å². The van der Waals surface area contributed by atoms with Crippen molar-refractivity contribution in [3.8, 4) is 5.82 Å². The molecule has 0 spiro atoms. The van der Waals surface area contributed by atoms with Crippen LogP contribution in [0.5, 0.6) is 0 Å². The molecule has 3 aromatic rings. The molecule has 0 unspecified atom stereocenters. The monoisotopic (exact) mass is 394 g/mol. The maximum atomic E-state index is 12.4. The lowest BCUT2D eigenvalue weighted by atomic mass is 10.2. The van der Waals surface area contributed by atoms with Crippen LogP contribution < -0.4 is 4.90 Å². The lowest BCUT2D eigenvalue weighted by Crippen LogP contribution is -2.48. The van der Waals surface area contributed by atoms with Crippen molar-refractivity contribution in [2.45, 2.75) is 0 Å². The smallest absolute Gasteiger partial charge is 0.246 e. The fourth-order valence-corrected chi connectivity index (χ4v) is 3.17. The standard InChI is InChI=1S/C20H19ClN6O/c21-17-5-2-16(3-6-17)4-7-20(28)26-12-10-25(11-13-26)18-14-19(23-15-22-18)27-9-1-8-24-27/h1-9,14-15H,10-13H2/b7-4+. The predicted molar refractivity (Wildman–Crippen MR) is 108 cm³/mol. The van der Waals surface area contributed by atoms with Gasteiger partial charge in [0, 0.05) is 55.7 Å². The van der Waals surface area contributed by atoms with Gasteiger partial charge in [-0.05, 0) is 29.8 Å². The summed E-state index contributed by atoms with van der Waals surface area (Å²) in [5, 5.41) is 4.88. The van der Waals surface area contributed by atoms with Gasteiger partial charge >= 0.3 is 0 Å². The molecular weight excluding hydrogens is 376 g/mol. The molecule has 1 aromatic carbocycles. The van der Waals surface area contributed by atoms with E-state index in [-0.39, 0.29) is 5.91 Å². The minimum atomic E-state index is 0.00881. The molecule has 1 amide bonds. The lowest BCUT2D eigenvalue weighted by molar-refractivity contribution is -0.126. The fraction of sp³-hybridized carbons (Fsp3) is 0.200. The Bertz CT molecular complexity index is 963. The molecule has 1 fully saturated rings. The lowest BCUT2D eigenvalue weighted by Gasteiger charge is -2.34. The Labute approximate surface area is 167 Å². The van der Waals surface area contributed by atoms with Gasteiger partial charge in [0.1, 0.15) is 12.1 Å². The normalized spacial score (nSPS) is 14.6. The fourth-order valence-electron chi connectivity index (χ4n) is 3.04. The average Bonchev–Trinajstić information content (AvgIpc) is 3.28. The summed E-state index contributed by atoms with van der Waals surface area (Å²) in [5.41, 5.74) is 0.948. The third-order valence-corrected chi connectivity index (χ3v) is 4.83. The number of piperazine rings is 1. The number of hydrogen-bond donors (Lipinski definition) is 0. The summed E-state index contributed by atoms with van der Waals surface area (Å²) < 4.78 is 1.70. The van der Waals surface area contributed by atoms with Crippen molar-refractivity contribution in [3.05, 3.63) is 71.8 Å². The summed E-state index contributed by atoms with van der Waals surface area (Å²) >= 11 is 5.88. The SMILES string of the molecule is O=C(/C=C/c1ccc(Cl)cc1)N1CCN(c2cc(-n3cccn3)ncn2)CC1. The van der Waals surface area contributed by atoms with Crippen molar-refractivity contribution in [1.29, 1.82) is 0 Å². The van der Waals surface area contributed by atoms with Crippen molar-refractivity contribution in [2.24, 2.45) is 0 Å². The first-order valence-electron chi connectivity index (χ1n) is 8.98. The number of rotatable bonds is 4. The molecule has 1 aliphatic rings. The molecule has 7 nitrogen and oxygen atoms in total. The molecule has 142 valence electrons. The van der Waals surface area contributed by atoms with Gasteiger partial charge in [-0.2, -0.15) is 5.10 Å². The van der Waals surface area contributed by atoms with Gasteiger partial charge in [-0.3, -0.25) is 4.79 Å². The molecule has 0 saturated carbocycles. The Hall–Kier alpha value is -3.19. The van der Waals surface area contributed by atoms with Gasteiger partial charge in [-0.15, -0.1) is 0 Å². The van der Waals surface area contributed by atoms with Gasteiger partial charge in [-0.25, -0.2) is 14.6 Å². The first-order valence-corrected chi connectivity index (χ1v) is 9.36. The van der Waals surface area contributed by atoms with E-state index in [1.165, 1.54) is 0 Å². The van der Waals surface area contributed by atoms with Crippen molar-refractivity contribution < 1.29 is 4.79 Å². The van der Waals surface area contributed by atoms with Crippen LogP contribution in [-0.2, 0) is 4.79 Å². The Morgan fingerprint density at radius 3 is 2.50 bits per heavy atom. The molecule has 2 aromatic heterocycles. The number of carbonyl (C=O) groups is 1. The van der Waals surface area contributed by atoms with Crippen LogP contribution >= 0.6 is 11.6 Å². The zero-order valence-electron chi connectivity index (χ0n) is 15.1. The molecule has 3 heterocycles. The van der Waals surface area contributed by atoms with Gasteiger partial charge in [0.15, 0.2) is 5.82 Å². The number of halogens is 1. The van der Waals surface area contributed by atoms with Crippen molar-refractivity contribution in [3.63, 3.8) is 0 Å². The Balaban J connectivity index is 1.36. The highest BCUT2D eigenvalue weighted by molar-refractivity contribution is 6.30. The third-order valence-electron chi connectivity index (χ3n) is 4.58. The Morgan fingerprint density at radius 2 is 1.79 bits per heavy atom. The van der Waals surface area contributed by atoms with Crippen LogP contribution in [0.4, 0.5) is 5.82 Å². The molecule has 4 rings (SSSR count). The van der Waals surface area contributed by atoms with E-state index < -0.39 is 0 Å². The highest BCUT2D eigenvalue weighted by Gasteiger charge is 2.21. The van der Waals surface area contributed by atoms with Crippen molar-refractivity contribution >= 4 is 29.4 Å². The molecular formula is C20H19ClN6O. The second-order valence-electron chi connectivity index (χ2n) is 6.38. The molecule has 0 N–H and O–H groups in total. The zero-order chi connectivity index (χ0) is 19.3. The van der Waals surface area contributed by atoms with Gasteiger partial charge < -0.3 is 9.80 Å². The van der Waals surface area contributed by atoms with Gasteiger partial charge in [0.05, 0.1) is 0 Å². The van der Waals surface area contributed by atoms with Crippen LogP contribution in [-0.4, -0.2) is 56.7 Å². The molecule has 0 atom stereocenters. The Morgan fingerprint density at radius 1 is 1.04 bits per heavy atom. The molecule has 0 aliphatic carbocycles. The third kappa shape index (κ3) is 4.20. The van der Waals surface area contributed by atoms with E-state index in [0.717, 1.165) is 30.3 Å². The number of benzene rings is 1. The number of hydrogen-bond acceptors (Lipinski definition) is 5. The van der Waals surface area contributed by atoms with E-state index in [1.54, 1.807) is 23.3 Å². The highest BCUT2D eigenvalue weighted by atomic mass is 35.5. The Kier molecular flexibility index (Phi) is 5.34. The number of nitrogens with zero attached hydrogens (tertiary/aromatic N) is 6. The molecule has 8 heteroatoms. The molecule has 28 heavy (non-hydrogen) atoms. The van der Waals surface area contributed by atoms with Crippen LogP contribution in [0.1, 0.15) is 5.56 Å². The van der Waals surface area contributed by atoms with Crippen LogP contribution in [0.25, 0.3) is 11.9 Å². The molecule has 0 bridgehead atoms. The summed E-state index contributed by atoms with van der Waals surface area (Å²) in [6.45, 7) is 2.72. The number of amides is 1. The second kappa shape index (κ2) is 8.22. The van der Waals surface area contributed by atoms with E-state index in [9.17, 15) is 4.79 Å². The van der Waals surface area contributed by atoms with Gasteiger partial charge in [-0.1, -0.05) is 23.7 Å². The first kappa shape index (κ1) is 18.2. The summed E-state index contributed by atoms with van der Waals surface area (Å²) in [5.74, 6) is 1.57. The molecule has 1 aliphatic heterocycles. The van der Waals surface area contributed by atoms with Gasteiger partial charge in [0.2, 0.25) is 5.91 Å². The number of anilines is 1. The van der Waals surface area contributed by atoms with Crippen LogP contribution in [0.3, 0.4) is 0 Å². The minimum absolute atomic E-state index is 0.00881. The minimum Gasteiger partial charge on any atom is -0.353 e. The maximum Gasteiger partial charge on any atom is 0.246 e. The largest absolute Gasteiger partial charge is 0.353 e. The number of carbonyl (C=O) groups excluding carboxylic acids is 1. The van der Waals surface area contributed by atoms with Crippen LogP contribution in [0, 0.1) is 0 Å². The summed E-state index contributed by atoms with van der Waals surface area (Å²) in [6, 6.07) is 11.1. The van der Waals surface area contributed by atoms with Gasteiger partial charge in [0.25, 0.3) is 0 Å². The maximum absolute atomic E-state index is 12.4. The quantitative estimate of drug-likeness (QED) is 0.636. The summed E-state index contributed by atoms with van der Waals surface area (Å²) in [6.07, 6.45) is 8.52. The van der Waals surface area contributed by atoms with Crippen molar-refractivity contribution in [1.82, 2.24) is 24.6 Å². The highest BCUT2D eigenvalue weighted by Crippen LogP contribution is 2.16. The second-order valence-corrected chi connectivity index (χ2v) is 6.82. The topological polar surface area (TPSA) is 67.2 Å². The summed E-state index contributed by atoms with van der Waals surface area (Å²) in [4.78, 5) is 25.1. The summed E-state index contributed by atoms with van der Waals surface area (Å²) in [7, 11) is 0. The van der Waals surface area contributed by atoms with Crippen molar-refractivity contribution in [2.75, 3.05) is 31.1 Å². The zero-order valence-corrected chi connectivity index (χ0v) is 15.9. The van der Waals surface area contributed by atoms with E-state index in [0.29, 0.717) is 18.1 Å².